The van der Waals surface area contributed by atoms with Crippen LogP contribution in [0, 0.1) is 0 Å². The fourth-order valence-corrected chi connectivity index (χ4v) is 1.41. The highest BCUT2D eigenvalue weighted by atomic mass is 16.5. The van der Waals surface area contributed by atoms with Crippen molar-refractivity contribution in [1.82, 2.24) is 5.32 Å². The lowest BCUT2D eigenvalue weighted by Crippen LogP contribution is -2.48. The number of hydrogen-bond acceptors (Lipinski definition) is 5. The minimum atomic E-state index is -0.490. The number of aliphatic hydroxyl groups excluding tert-OH is 1. The molecule has 0 amide bonds. The maximum atomic E-state index is 9.59. The van der Waals surface area contributed by atoms with Gasteiger partial charge >= 0.3 is 0 Å². The molecule has 2 rings (SSSR count). The summed E-state index contributed by atoms with van der Waals surface area (Å²) in [4.78, 5) is 0. The van der Waals surface area contributed by atoms with Crippen LogP contribution in [0.5, 0.6) is 0 Å². The Balaban J connectivity index is 1.51. The van der Waals surface area contributed by atoms with E-state index in [0.29, 0.717) is 25.8 Å². The van der Waals surface area contributed by atoms with Crippen molar-refractivity contribution in [1.29, 1.82) is 0 Å². The van der Waals surface area contributed by atoms with Crippen LogP contribution in [0.25, 0.3) is 0 Å². The van der Waals surface area contributed by atoms with E-state index in [1.807, 2.05) is 12.1 Å². The topological polar surface area (TPSA) is 63.9 Å². The average Bonchev–Trinajstić information content (AvgIpc) is 2.68. The Morgan fingerprint density at radius 2 is 2.44 bits per heavy atom. The number of furan rings is 1. The maximum absolute atomic E-state index is 9.59. The summed E-state index contributed by atoms with van der Waals surface area (Å²) in [6.45, 7) is 2.71. The van der Waals surface area contributed by atoms with E-state index >= 15 is 0 Å². The van der Waals surface area contributed by atoms with Crippen LogP contribution < -0.4 is 5.32 Å². The highest BCUT2D eigenvalue weighted by Crippen LogP contribution is 2.02. The number of aliphatic hydroxyl groups is 1. The average molecular weight is 227 g/mol. The van der Waals surface area contributed by atoms with Gasteiger partial charge in [0.05, 0.1) is 38.2 Å². The monoisotopic (exact) mass is 227 g/mol. The first kappa shape index (κ1) is 11.6. The molecule has 0 radical (unpaired) electrons. The molecular weight excluding hydrogens is 210 g/mol. The third kappa shape index (κ3) is 3.61. The van der Waals surface area contributed by atoms with Crippen molar-refractivity contribution >= 4 is 0 Å². The van der Waals surface area contributed by atoms with Crippen LogP contribution in [0.2, 0.25) is 0 Å². The maximum Gasteiger partial charge on any atom is 0.129 e. The van der Waals surface area contributed by atoms with Gasteiger partial charge in [0, 0.05) is 6.54 Å². The fraction of sp³-hybridized carbons (Fsp3) is 0.636. The zero-order chi connectivity index (χ0) is 11.2. The smallest absolute Gasteiger partial charge is 0.129 e. The predicted octanol–water partition coefficient (Wildman–Crippen LogP) is 0.145. The predicted molar refractivity (Wildman–Crippen MR) is 57.0 cm³/mol. The summed E-state index contributed by atoms with van der Waals surface area (Å²) in [5.41, 5.74) is 0. The van der Waals surface area contributed by atoms with Crippen LogP contribution in [-0.4, -0.2) is 43.6 Å². The van der Waals surface area contributed by atoms with E-state index < -0.39 is 6.10 Å². The molecule has 0 bridgehead atoms. The first-order chi connectivity index (χ1) is 7.84. The van der Waals surface area contributed by atoms with Crippen molar-refractivity contribution in [2.24, 2.45) is 0 Å². The van der Waals surface area contributed by atoms with E-state index in [-0.39, 0.29) is 0 Å². The first-order valence-corrected chi connectivity index (χ1v) is 5.44. The molecule has 2 N–H and O–H groups in total. The lowest BCUT2D eigenvalue weighted by atomic mass is 10.2. The Bertz CT molecular complexity index is 284. The van der Waals surface area contributed by atoms with Gasteiger partial charge in [0.1, 0.15) is 12.4 Å². The summed E-state index contributed by atoms with van der Waals surface area (Å²) in [5.74, 6) is 0.771. The SMILES string of the molecule is OC(CNC1COC1)COCc1ccco1. The Morgan fingerprint density at radius 3 is 3.06 bits per heavy atom. The van der Waals surface area contributed by atoms with Crippen LogP contribution in [0.4, 0.5) is 0 Å². The second-order valence-corrected chi connectivity index (χ2v) is 3.89. The fourth-order valence-electron chi connectivity index (χ4n) is 1.41. The highest BCUT2D eigenvalue weighted by molar-refractivity contribution is 4.96. The second-order valence-electron chi connectivity index (χ2n) is 3.89. The molecule has 1 saturated heterocycles. The lowest BCUT2D eigenvalue weighted by molar-refractivity contribution is -0.0192. The van der Waals surface area contributed by atoms with E-state index in [1.54, 1.807) is 6.26 Å². The van der Waals surface area contributed by atoms with Crippen LogP contribution in [0.1, 0.15) is 5.76 Å². The van der Waals surface area contributed by atoms with Crippen LogP contribution >= 0.6 is 0 Å². The van der Waals surface area contributed by atoms with Gasteiger partial charge in [-0.2, -0.15) is 0 Å². The summed E-state index contributed by atoms with van der Waals surface area (Å²) in [7, 11) is 0. The summed E-state index contributed by atoms with van der Waals surface area (Å²) >= 11 is 0. The third-order valence-corrected chi connectivity index (χ3v) is 2.41. The Hall–Kier alpha value is -0.880. The van der Waals surface area contributed by atoms with Crippen molar-refractivity contribution < 1.29 is 19.0 Å². The molecule has 1 atom stereocenters. The molecule has 1 fully saturated rings. The molecule has 5 heteroatoms. The van der Waals surface area contributed by atoms with E-state index in [1.165, 1.54) is 0 Å². The van der Waals surface area contributed by atoms with Gasteiger partial charge in [-0.1, -0.05) is 0 Å². The molecular formula is C11H17NO4. The number of rotatable bonds is 7. The third-order valence-electron chi connectivity index (χ3n) is 2.41. The van der Waals surface area contributed by atoms with Gasteiger partial charge in [-0.25, -0.2) is 0 Å². The zero-order valence-corrected chi connectivity index (χ0v) is 9.09. The quantitative estimate of drug-likeness (QED) is 0.694. The van der Waals surface area contributed by atoms with E-state index in [4.69, 9.17) is 13.9 Å². The zero-order valence-electron chi connectivity index (χ0n) is 9.09. The molecule has 0 aromatic carbocycles. The van der Waals surface area contributed by atoms with E-state index in [0.717, 1.165) is 19.0 Å². The van der Waals surface area contributed by atoms with Crippen molar-refractivity contribution in [2.75, 3.05) is 26.4 Å². The number of hydrogen-bond donors (Lipinski definition) is 2. The summed E-state index contributed by atoms with van der Waals surface area (Å²) in [5, 5.41) is 12.8. The van der Waals surface area contributed by atoms with Crippen molar-refractivity contribution in [2.45, 2.75) is 18.8 Å². The lowest BCUT2D eigenvalue weighted by Gasteiger charge is -2.27. The van der Waals surface area contributed by atoms with Gasteiger partial charge in [0.25, 0.3) is 0 Å². The van der Waals surface area contributed by atoms with Crippen molar-refractivity contribution in [3.63, 3.8) is 0 Å². The van der Waals surface area contributed by atoms with Gasteiger partial charge in [-0.15, -0.1) is 0 Å². The first-order valence-electron chi connectivity index (χ1n) is 5.44. The number of nitrogens with one attached hydrogen (secondary N) is 1. The normalized spacial score (nSPS) is 18.3. The Morgan fingerprint density at radius 1 is 1.56 bits per heavy atom. The molecule has 0 aliphatic carbocycles. The van der Waals surface area contributed by atoms with Gasteiger partial charge in [-0.05, 0) is 12.1 Å². The molecule has 1 aliphatic rings. The molecule has 0 spiro atoms. The molecule has 0 saturated carbocycles. The molecule has 1 aromatic rings. The van der Waals surface area contributed by atoms with Gasteiger partial charge < -0.3 is 24.3 Å². The van der Waals surface area contributed by atoms with E-state index in [2.05, 4.69) is 5.32 Å². The molecule has 1 aliphatic heterocycles. The minimum absolute atomic E-state index is 0.307. The largest absolute Gasteiger partial charge is 0.467 e. The van der Waals surface area contributed by atoms with Crippen LogP contribution in [-0.2, 0) is 16.1 Å². The highest BCUT2D eigenvalue weighted by Gasteiger charge is 2.18. The van der Waals surface area contributed by atoms with Crippen LogP contribution in [0.3, 0.4) is 0 Å². The molecule has 16 heavy (non-hydrogen) atoms. The second kappa shape index (κ2) is 6.00. The molecule has 2 heterocycles. The molecule has 1 aromatic heterocycles. The minimum Gasteiger partial charge on any atom is -0.467 e. The van der Waals surface area contributed by atoms with Crippen molar-refractivity contribution in [3.8, 4) is 0 Å². The van der Waals surface area contributed by atoms with Gasteiger partial charge in [0.15, 0.2) is 0 Å². The summed E-state index contributed by atoms with van der Waals surface area (Å²) in [6.07, 6.45) is 1.11. The van der Waals surface area contributed by atoms with Crippen molar-refractivity contribution in [3.05, 3.63) is 24.2 Å². The van der Waals surface area contributed by atoms with Gasteiger partial charge in [-0.3, -0.25) is 0 Å². The standard InChI is InChI=1S/C11H17NO4/c13-10(4-12-9-5-14-6-9)7-15-8-11-2-1-3-16-11/h1-3,9-10,12-13H,4-8H2. The Labute approximate surface area is 94.3 Å². The summed E-state index contributed by atoms with van der Waals surface area (Å²) < 4.78 is 15.4. The molecule has 1 unspecified atom stereocenters. The Kier molecular flexibility index (Phi) is 4.35. The summed E-state index contributed by atoms with van der Waals surface area (Å²) in [6, 6.07) is 4.04. The van der Waals surface area contributed by atoms with Crippen LogP contribution in [0.15, 0.2) is 22.8 Å². The van der Waals surface area contributed by atoms with E-state index in [9.17, 15) is 5.11 Å². The number of ether oxygens (including phenoxy) is 2. The van der Waals surface area contributed by atoms with Gasteiger partial charge in [0.2, 0.25) is 0 Å². The molecule has 5 nitrogen and oxygen atoms in total. The molecule has 90 valence electrons.